The van der Waals surface area contributed by atoms with E-state index in [1.54, 1.807) is 13.2 Å². The normalized spacial score (nSPS) is 10.5. The molecule has 0 atom stereocenters. The van der Waals surface area contributed by atoms with Gasteiger partial charge in [-0.05, 0) is 54.1 Å². The first-order valence-electron chi connectivity index (χ1n) is 7.10. The molecule has 0 fully saturated rings. The number of halogens is 1. The summed E-state index contributed by atoms with van der Waals surface area (Å²) in [5.74, 6) is 1.25. The van der Waals surface area contributed by atoms with E-state index in [2.05, 4.69) is 10.2 Å². The van der Waals surface area contributed by atoms with Crippen molar-refractivity contribution in [2.75, 3.05) is 7.11 Å². The molecule has 23 heavy (non-hydrogen) atoms. The molecule has 2 aromatic carbocycles. The molecule has 5 heteroatoms. The molecule has 0 radical (unpaired) electrons. The van der Waals surface area contributed by atoms with Crippen LogP contribution in [0.2, 0.25) is 0 Å². The molecular weight excluding hydrogens is 311 g/mol. The van der Waals surface area contributed by atoms with E-state index in [4.69, 9.17) is 4.74 Å². The molecule has 0 saturated carbocycles. The van der Waals surface area contributed by atoms with Crippen molar-refractivity contribution >= 4 is 11.8 Å². The van der Waals surface area contributed by atoms with Gasteiger partial charge in [0.05, 0.1) is 12.8 Å². The summed E-state index contributed by atoms with van der Waals surface area (Å²) < 4.78 is 18.3. The molecule has 0 saturated heterocycles. The quantitative estimate of drug-likeness (QED) is 0.643. The van der Waals surface area contributed by atoms with Crippen molar-refractivity contribution in [1.82, 2.24) is 10.2 Å². The van der Waals surface area contributed by atoms with Gasteiger partial charge in [0, 0.05) is 11.3 Å². The predicted molar refractivity (Wildman–Crippen MR) is 90.0 cm³/mol. The average Bonchev–Trinajstić information content (AvgIpc) is 2.61. The third-order valence-corrected chi connectivity index (χ3v) is 4.29. The number of thioether (sulfide) groups is 1. The van der Waals surface area contributed by atoms with Gasteiger partial charge in [0.25, 0.3) is 0 Å². The summed E-state index contributed by atoms with van der Waals surface area (Å²) >= 11 is 1.53. The van der Waals surface area contributed by atoms with Crippen LogP contribution in [0, 0.1) is 5.82 Å². The van der Waals surface area contributed by atoms with Crippen molar-refractivity contribution in [2.24, 2.45) is 0 Å². The minimum atomic E-state index is -0.218. The smallest absolute Gasteiger partial charge is 0.123 e. The Labute approximate surface area is 138 Å². The monoisotopic (exact) mass is 326 g/mol. The number of nitrogens with zero attached hydrogens (tertiary/aromatic N) is 2. The number of benzene rings is 2. The molecule has 0 bridgehead atoms. The highest BCUT2D eigenvalue weighted by atomic mass is 32.2. The molecule has 3 aromatic rings. The van der Waals surface area contributed by atoms with Crippen LogP contribution in [0.5, 0.6) is 5.75 Å². The first kappa shape index (κ1) is 15.5. The van der Waals surface area contributed by atoms with Crippen LogP contribution in [-0.4, -0.2) is 17.3 Å². The van der Waals surface area contributed by atoms with Crippen molar-refractivity contribution in [3.63, 3.8) is 0 Å². The van der Waals surface area contributed by atoms with E-state index in [9.17, 15) is 4.39 Å². The SMILES string of the molecule is COc1ccc(-c2ccc(SCc3cccc(F)c3)nn2)cc1. The van der Waals surface area contributed by atoms with Gasteiger partial charge < -0.3 is 4.74 Å². The van der Waals surface area contributed by atoms with Crippen molar-refractivity contribution in [2.45, 2.75) is 10.8 Å². The van der Waals surface area contributed by atoms with Gasteiger partial charge in [-0.1, -0.05) is 23.9 Å². The summed E-state index contributed by atoms with van der Waals surface area (Å²) in [6, 6.07) is 18.1. The first-order chi connectivity index (χ1) is 11.2. The lowest BCUT2D eigenvalue weighted by molar-refractivity contribution is 0.415. The third kappa shape index (κ3) is 4.07. The highest BCUT2D eigenvalue weighted by Gasteiger charge is 2.03. The summed E-state index contributed by atoms with van der Waals surface area (Å²) in [6.07, 6.45) is 0. The Kier molecular flexibility index (Phi) is 4.88. The van der Waals surface area contributed by atoms with Crippen molar-refractivity contribution in [3.8, 4) is 17.0 Å². The van der Waals surface area contributed by atoms with E-state index >= 15 is 0 Å². The molecule has 1 heterocycles. The zero-order valence-electron chi connectivity index (χ0n) is 12.6. The van der Waals surface area contributed by atoms with E-state index < -0.39 is 0 Å². The van der Waals surface area contributed by atoms with Crippen LogP contribution in [0.4, 0.5) is 4.39 Å². The summed E-state index contributed by atoms with van der Waals surface area (Å²) in [5.41, 5.74) is 2.72. The second kappa shape index (κ2) is 7.24. The van der Waals surface area contributed by atoms with Gasteiger partial charge in [0.15, 0.2) is 0 Å². The number of rotatable bonds is 5. The van der Waals surface area contributed by atoms with Gasteiger partial charge in [-0.15, -0.1) is 10.2 Å². The van der Waals surface area contributed by atoms with Crippen LogP contribution in [0.3, 0.4) is 0 Å². The van der Waals surface area contributed by atoms with Crippen molar-refractivity contribution in [1.29, 1.82) is 0 Å². The summed E-state index contributed by atoms with van der Waals surface area (Å²) in [4.78, 5) is 0. The number of hydrogen-bond acceptors (Lipinski definition) is 4. The number of methoxy groups -OCH3 is 1. The van der Waals surface area contributed by atoms with E-state index in [1.807, 2.05) is 42.5 Å². The molecule has 0 spiro atoms. The van der Waals surface area contributed by atoms with E-state index in [0.717, 1.165) is 27.6 Å². The number of ether oxygens (including phenoxy) is 1. The molecule has 0 amide bonds. The minimum Gasteiger partial charge on any atom is -0.497 e. The maximum atomic E-state index is 13.1. The fourth-order valence-corrected chi connectivity index (χ4v) is 2.85. The zero-order chi connectivity index (χ0) is 16.1. The molecule has 116 valence electrons. The van der Waals surface area contributed by atoms with Crippen LogP contribution >= 0.6 is 11.8 Å². The molecular formula is C18H15FN2OS. The molecule has 3 nitrogen and oxygen atoms in total. The lowest BCUT2D eigenvalue weighted by atomic mass is 10.1. The average molecular weight is 326 g/mol. The van der Waals surface area contributed by atoms with Gasteiger partial charge in [0.2, 0.25) is 0 Å². The van der Waals surface area contributed by atoms with E-state index in [-0.39, 0.29) is 5.82 Å². The Balaban J connectivity index is 1.66. The van der Waals surface area contributed by atoms with Crippen molar-refractivity contribution < 1.29 is 9.13 Å². The molecule has 3 rings (SSSR count). The molecule has 0 aliphatic heterocycles. The Hall–Kier alpha value is -2.40. The summed E-state index contributed by atoms with van der Waals surface area (Å²) in [7, 11) is 1.64. The maximum Gasteiger partial charge on any atom is 0.123 e. The first-order valence-corrected chi connectivity index (χ1v) is 8.08. The van der Waals surface area contributed by atoms with Gasteiger partial charge in [-0.25, -0.2) is 4.39 Å². The molecule has 1 aromatic heterocycles. The lowest BCUT2D eigenvalue weighted by Crippen LogP contribution is -1.90. The number of hydrogen-bond donors (Lipinski definition) is 0. The zero-order valence-corrected chi connectivity index (χ0v) is 13.4. The summed E-state index contributed by atoms with van der Waals surface area (Å²) in [5, 5.41) is 9.28. The molecule has 0 aliphatic carbocycles. The second-order valence-electron chi connectivity index (χ2n) is 4.90. The van der Waals surface area contributed by atoms with Crippen LogP contribution in [0.25, 0.3) is 11.3 Å². The van der Waals surface area contributed by atoms with Gasteiger partial charge in [0.1, 0.15) is 16.6 Å². The van der Waals surface area contributed by atoms with E-state index in [1.165, 1.54) is 23.9 Å². The fourth-order valence-electron chi connectivity index (χ4n) is 2.10. The van der Waals surface area contributed by atoms with Gasteiger partial charge >= 0.3 is 0 Å². The molecule has 0 unspecified atom stereocenters. The molecule has 0 N–H and O–H groups in total. The van der Waals surface area contributed by atoms with E-state index in [0.29, 0.717) is 5.75 Å². The van der Waals surface area contributed by atoms with Gasteiger partial charge in [-0.2, -0.15) is 0 Å². The Morgan fingerprint density at radius 2 is 1.83 bits per heavy atom. The largest absolute Gasteiger partial charge is 0.497 e. The Morgan fingerprint density at radius 1 is 1.00 bits per heavy atom. The number of aromatic nitrogens is 2. The lowest BCUT2D eigenvalue weighted by Gasteiger charge is -2.04. The third-order valence-electron chi connectivity index (χ3n) is 3.30. The van der Waals surface area contributed by atoms with Crippen LogP contribution < -0.4 is 4.74 Å². The highest BCUT2D eigenvalue weighted by Crippen LogP contribution is 2.24. The maximum absolute atomic E-state index is 13.1. The van der Waals surface area contributed by atoms with Gasteiger partial charge in [-0.3, -0.25) is 0 Å². The minimum absolute atomic E-state index is 0.218. The topological polar surface area (TPSA) is 35.0 Å². The second-order valence-corrected chi connectivity index (χ2v) is 5.90. The Morgan fingerprint density at radius 3 is 2.48 bits per heavy atom. The molecule has 0 aliphatic rings. The standard InChI is InChI=1S/C18H15FN2OS/c1-22-16-7-5-14(6-8-16)17-9-10-18(21-20-17)23-12-13-3-2-4-15(19)11-13/h2-11H,12H2,1H3. The highest BCUT2D eigenvalue weighted by molar-refractivity contribution is 7.98. The van der Waals surface area contributed by atoms with Crippen molar-refractivity contribution in [3.05, 3.63) is 72.0 Å². The van der Waals surface area contributed by atoms with Crippen LogP contribution in [0.1, 0.15) is 5.56 Å². The fraction of sp³-hybridized carbons (Fsp3) is 0.111. The van der Waals surface area contributed by atoms with Crippen LogP contribution in [0.15, 0.2) is 65.7 Å². The summed E-state index contributed by atoms with van der Waals surface area (Å²) in [6.45, 7) is 0. The Bertz CT molecular complexity index is 776. The predicted octanol–water partition coefficient (Wildman–Crippen LogP) is 4.58. The van der Waals surface area contributed by atoms with Crippen LogP contribution in [-0.2, 0) is 5.75 Å².